The fourth-order valence-electron chi connectivity index (χ4n) is 2.07. The molecule has 0 aliphatic rings. The summed E-state index contributed by atoms with van der Waals surface area (Å²) >= 11 is 1.46. The number of carboxylic acid groups (broad SMARTS) is 1. The summed E-state index contributed by atoms with van der Waals surface area (Å²) in [6.07, 6.45) is 1.61. The Bertz CT molecular complexity index is 863. The third kappa shape index (κ3) is 3.67. The Hall–Kier alpha value is -2.99. The van der Waals surface area contributed by atoms with Gasteiger partial charge in [0.1, 0.15) is 5.03 Å². The average Bonchev–Trinajstić information content (AvgIpc) is 2.63. The molecule has 0 unspecified atom stereocenters. The highest BCUT2D eigenvalue weighted by Crippen LogP contribution is 2.25. The van der Waals surface area contributed by atoms with Gasteiger partial charge in [-0.1, -0.05) is 23.9 Å². The van der Waals surface area contributed by atoms with Crippen molar-refractivity contribution in [3.05, 3.63) is 83.6 Å². The van der Waals surface area contributed by atoms with Crippen LogP contribution in [0.3, 0.4) is 0 Å². The lowest BCUT2D eigenvalue weighted by Gasteiger charge is -2.04. The predicted molar refractivity (Wildman–Crippen MR) is 89.4 cm³/mol. The predicted octanol–water partition coefficient (Wildman–Crippen LogP) is 3.56. The molecule has 1 aromatic heterocycles. The number of carboxylic acids is 1. The number of hydrogen-bond donors (Lipinski definition) is 1. The zero-order valence-corrected chi connectivity index (χ0v) is 13.2. The third-order valence-electron chi connectivity index (χ3n) is 3.28. The number of rotatable bonds is 5. The van der Waals surface area contributed by atoms with E-state index in [0.29, 0.717) is 11.1 Å². The quantitative estimate of drug-likeness (QED) is 0.718. The molecule has 0 saturated heterocycles. The van der Waals surface area contributed by atoms with E-state index in [0.717, 1.165) is 9.92 Å². The van der Waals surface area contributed by atoms with Crippen molar-refractivity contribution in [3.8, 4) is 0 Å². The molecule has 1 N–H and O–H groups in total. The minimum atomic E-state index is -1.01. The number of aromatic carboxylic acids is 1. The number of ketones is 1. The number of carbonyl (C=O) groups is 2. The standard InChI is InChI=1S/C18H12N2O3S/c21-17(12-3-5-14(6-4-12)18(22)23)13-7-9-15(10-8-13)24-16-2-1-11-19-20-16/h1-11H,(H,22,23). The first kappa shape index (κ1) is 15.9. The highest BCUT2D eigenvalue weighted by molar-refractivity contribution is 7.99. The second-order valence-electron chi connectivity index (χ2n) is 4.90. The first-order chi connectivity index (χ1) is 11.6. The molecule has 0 spiro atoms. The first-order valence-electron chi connectivity index (χ1n) is 7.07. The van der Waals surface area contributed by atoms with Crippen molar-refractivity contribution in [2.45, 2.75) is 9.92 Å². The van der Waals surface area contributed by atoms with Gasteiger partial charge in [0.2, 0.25) is 0 Å². The van der Waals surface area contributed by atoms with Gasteiger partial charge in [0, 0.05) is 22.2 Å². The van der Waals surface area contributed by atoms with Gasteiger partial charge in [-0.05, 0) is 48.5 Å². The van der Waals surface area contributed by atoms with E-state index in [-0.39, 0.29) is 11.3 Å². The molecule has 118 valence electrons. The smallest absolute Gasteiger partial charge is 0.335 e. The lowest BCUT2D eigenvalue weighted by atomic mass is 10.0. The van der Waals surface area contributed by atoms with Crippen LogP contribution in [-0.4, -0.2) is 27.1 Å². The number of hydrogen-bond acceptors (Lipinski definition) is 5. The number of aromatic nitrogens is 2. The molecule has 2 aromatic carbocycles. The molecule has 24 heavy (non-hydrogen) atoms. The maximum atomic E-state index is 12.4. The van der Waals surface area contributed by atoms with Crippen molar-refractivity contribution < 1.29 is 14.7 Å². The molecule has 0 saturated carbocycles. The van der Waals surface area contributed by atoms with Crippen LogP contribution >= 0.6 is 11.8 Å². The van der Waals surface area contributed by atoms with Gasteiger partial charge in [-0.25, -0.2) is 4.79 Å². The third-order valence-corrected chi connectivity index (χ3v) is 4.22. The van der Waals surface area contributed by atoms with Crippen LogP contribution < -0.4 is 0 Å². The minimum absolute atomic E-state index is 0.150. The van der Waals surface area contributed by atoms with Crippen LogP contribution in [0, 0.1) is 0 Å². The molecule has 0 fully saturated rings. The first-order valence-corrected chi connectivity index (χ1v) is 7.89. The molecule has 0 radical (unpaired) electrons. The zero-order valence-electron chi connectivity index (χ0n) is 12.4. The summed E-state index contributed by atoms with van der Waals surface area (Å²) in [6, 6.07) is 16.7. The van der Waals surface area contributed by atoms with Gasteiger partial charge >= 0.3 is 5.97 Å². The SMILES string of the molecule is O=C(O)c1ccc(C(=O)c2ccc(Sc3cccnn3)cc2)cc1. The van der Waals surface area contributed by atoms with E-state index in [1.165, 1.54) is 36.0 Å². The molecular weight excluding hydrogens is 324 g/mol. The van der Waals surface area contributed by atoms with Gasteiger partial charge in [-0.3, -0.25) is 4.79 Å². The van der Waals surface area contributed by atoms with E-state index in [4.69, 9.17) is 5.11 Å². The lowest BCUT2D eigenvalue weighted by molar-refractivity contribution is 0.0696. The highest BCUT2D eigenvalue weighted by atomic mass is 32.2. The molecule has 6 heteroatoms. The van der Waals surface area contributed by atoms with E-state index in [2.05, 4.69) is 10.2 Å². The van der Waals surface area contributed by atoms with Gasteiger partial charge in [0.15, 0.2) is 5.78 Å². The molecule has 0 aliphatic heterocycles. The van der Waals surface area contributed by atoms with Gasteiger partial charge < -0.3 is 5.11 Å². The van der Waals surface area contributed by atoms with Crippen molar-refractivity contribution in [1.29, 1.82) is 0 Å². The molecule has 0 amide bonds. The maximum absolute atomic E-state index is 12.4. The Morgan fingerprint density at radius 1 is 0.833 bits per heavy atom. The Balaban J connectivity index is 1.75. The van der Waals surface area contributed by atoms with E-state index >= 15 is 0 Å². The molecule has 0 atom stereocenters. The lowest BCUT2D eigenvalue weighted by Crippen LogP contribution is -2.02. The van der Waals surface area contributed by atoms with Crippen molar-refractivity contribution >= 4 is 23.5 Å². The second kappa shape index (κ2) is 7.06. The van der Waals surface area contributed by atoms with E-state index in [1.54, 1.807) is 18.3 Å². The highest BCUT2D eigenvalue weighted by Gasteiger charge is 2.10. The Labute approximate surface area is 142 Å². The largest absolute Gasteiger partial charge is 0.478 e. The summed E-state index contributed by atoms with van der Waals surface area (Å²) in [5.41, 5.74) is 1.15. The average molecular weight is 336 g/mol. The van der Waals surface area contributed by atoms with Crippen molar-refractivity contribution in [1.82, 2.24) is 10.2 Å². The maximum Gasteiger partial charge on any atom is 0.335 e. The van der Waals surface area contributed by atoms with Crippen molar-refractivity contribution in [2.24, 2.45) is 0 Å². The van der Waals surface area contributed by atoms with Gasteiger partial charge in [-0.2, -0.15) is 5.10 Å². The zero-order chi connectivity index (χ0) is 16.9. The van der Waals surface area contributed by atoms with Crippen LogP contribution in [0.2, 0.25) is 0 Å². The van der Waals surface area contributed by atoms with E-state index in [9.17, 15) is 9.59 Å². The number of nitrogens with zero attached hydrogens (tertiary/aromatic N) is 2. The van der Waals surface area contributed by atoms with Crippen LogP contribution in [0.15, 0.2) is 76.8 Å². The molecule has 5 nitrogen and oxygen atoms in total. The van der Waals surface area contributed by atoms with Crippen LogP contribution in [0.4, 0.5) is 0 Å². The molecule has 3 aromatic rings. The molecule has 3 rings (SSSR count). The summed E-state index contributed by atoms with van der Waals surface area (Å²) in [4.78, 5) is 24.2. The van der Waals surface area contributed by atoms with E-state index < -0.39 is 5.97 Å². The van der Waals surface area contributed by atoms with Crippen molar-refractivity contribution in [3.63, 3.8) is 0 Å². The summed E-state index contributed by atoms with van der Waals surface area (Å²) in [5.74, 6) is -1.16. The minimum Gasteiger partial charge on any atom is -0.478 e. The number of carbonyl (C=O) groups excluding carboxylic acids is 1. The summed E-state index contributed by atoms with van der Waals surface area (Å²) in [6.45, 7) is 0. The van der Waals surface area contributed by atoms with Crippen LogP contribution in [0.25, 0.3) is 0 Å². The van der Waals surface area contributed by atoms with Crippen LogP contribution in [0.1, 0.15) is 26.3 Å². The van der Waals surface area contributed by atoms with Crippen LogP contribution in [0.5, 0.6) is 0 Å². The summed E-state index contributed by atoms with van der Waals surface area (Å²) in [5, 5.41) is 17.5. The monoisotopic (exact) mass is 336 g/mol. The summed E-state index contributed by atoms with van der Waals surface area (Å²) < 4.78 is 0. The second-order valence-corrected chi connectivity index (χ2v) is 5.99. The summed E-state index contributed by atoms with van der Waals surface area (Å²) in [7, 11) is 0. The van der Waals surface area contributed by atoms with Crippen molar-refractivity contribution in [2.75, 3.05) is 0 Å². The fraction of sp³-hybridized carbons (Fsp3) is 0. The normalized spacial score (nSPS) is 10.3. The van der Waals surface area contributed by atoms with Crippen LogP contribution in [-0.2, 0) is 0 Å². The Morgan fingerprint density at radius 2 is 1.42 bits per heavy atom. The fourth-order valence-corrected chi connectivity index (χ4v) is 2.82. The van der Waals surface area contributed by atoms with Gasteiger partial charge in [0.25, 0.3) is 0 Å². The Morgan fingerprint density at radius 3 is 1.96 bits per heavy atom. The number of benzene rings is 2. The molecule has 1 heterocycles. The molecular formula is C18H12N2O3S. The van der Waals surface area contributed by atoms with Gasteiger partial charge in [0.05, 0.1) is 5.56 Å². The van der Waals surface area contributed by atoms with Gasteiger partial charge in [-0.15, -0.1) is 5.10 Å². The molecule has 0 aliphatic carbocycles. The van der Waals surface area contributed by atoms with E-state index in [1.807, 2.05) is 24.3 Å². The topological polar surface area (TPSA) is 80.1 Å². The molecule has 0 bridgehead atoms. The Kier molecular flexibility index (Phi) is 4.67.